The first-order valence-electron chi connectivity index (χ1n) is 8.73. The van der Waals surface area contributed by atoms with Gasteiger partial charge in [0, 0.05) is 24.6 Å². The van der Waals surface area contributed by atoms with Crippen molar-refractivity contribution in [3.8, 4) is 17.1 Å². The maximum atomic E-state index is 12.1. The van der Waals surface area contributed by atoms with Crippen LogP contribution in [0.4, 0.5) is 0 Å². The molecule has 0 saturated heterocycles. The number of nitrogens with one attached hydrogen (secondary N) is 1. The maximum absolute atomic E-state index is 12.1. The Labute approximate surface area is 152 Å². The molecule has 0 saturated carbocycles. The predicted molar refractivity (Wildman–Crippen MR) is 97.7 cm³/mol. The van der Waals surface area contributed by atoms with Crippen LogP contribution in [-0.4, -0.2) is 17.2 Å². The average molecular weight is 348 g/mol. The Morgan fingerprint density at radius 3 is 2.88 bits per heavy atom. The highest BCUT2D eigenvalue weighted by molar-refractivity contribution is 5.78. The van der Waals surface area contributed by atoms with Crippen LogP contribution in [0.3, 0.4) is 0 Å². The van der Waals surface area contributed by atoms with Crippen LogP contribution in [0.15, 0.2) is 59.1 Å². The second kappa shape index (κ2) is 7.04. The Hall–Kier alpha value is -3.08. The molecule has 1 aromatic heterocycles. The first-order valence-corrected chi connectivity index (χ1v) is 8.73. The van der Waals surface area contributed by atoms with Gasteiger partial charge in [-0.05, 0) is 36.2 Å². The van der Waals surface area contributed by atoms with E-state index in [1.165, 1.54) is 5.56 Å². The van der Waals surface area contributed by atoms with E-state index in [9.17, 15) is 4.79 Å². The van der Waals surface area contributed by atoms with Crippen molar-refractivity contribution in [2.75, 3.05) is 0 Å². The van der Waals surface area contributed by atoms with Gasteiger partial charge in [-0.25, -0.2) is 0 Å². The minimum atomic E-state index is -0.0788. The Kier molecular flexibility index (Phi) is 4.44. The van der Waals surface area contributed by atoms with Gasteiger partial charge in [0.15, 0.2) is 5.76 Å². The normalized spacial score (nSPS) is 15.3. The molecule has 0 aliphatic carbocycles. The number of aromatic nitrogens is 1. The van der Waals surface area contributed by atoms with Crippen LogP contribution in [0, 0.1) is 0 Å². The first-order chi connectivity index (χ1) is 12.7. The van der Waals surface area contributed by atoms with Crippen molar-refractivity contribution in [1.82, 2.24) is 10.5 Å². The summed E-state index contributed by atoms with van der Waals surface area (Å²) in [6.45, 7) is 2.56. The topological polar surface area (TPSA) is 64.4 Å². The summed E-state index contributed by atoms with van der Waals surface area (Å²) in [7, 11) is 0. The molecule has 0 bridgehead atoms. The molecule has 0 fully saturated rings. The number of ether oxygens (including phenoxy) is 1. The van der Waals surface area contributed by atoms with Gasteiger partial charge in [0.05, 0.1) is 12.1 Å². The fourth-order valence-electron chi connectivity index (χ4n) is 3.13. The molecule has 2 heterocycles. The maximum Gasteiger partial charge on any atom is 0.226 e. The molecule has 1 amide bonds. The van der Waals surface area contributed by atoms with E-state index in [1.807, 2.05) is 48.5 Å². The third kappa shape index (κ3) is 3.61. The van der Waals surface area contributed by atoms with Gasteiger partial charge in [-0.3, -0.25) is 4.79 Å². The van der Waals surface area contributed by atoms with Crippen molar-refractivity contribution < 1.29 is 14.1 Å². The van der Waals surface area contributed by atoms with Crippen LogP contribution >= 0.6 is 0 Å². The number of hydrogen-bond acceptors (Lipinski definition) is 4. The molecule has 26 heavy (non-hydrogen) atoms. The fourth-order valence-corrected chi connectivity index (χ4v) is 3.13. The highest BCUT2D eigenvalue weighted by Crippen LogP contribution is 2.33. The van der Waals surface area contributed by atoms with Gasteiger partial charge in [0.1, 0.15) is 11.9 Å². The number of hydrogen-bond donors (Lipinski definition) is 1. The molecule has 0 radical (unpaired) electrons. The summed E-state index contributed by atoms with van der Waals surface area (Å²) >= 11 is 0. The number of carbonyl (C=O) groups is 1. The van der Waals surface area contributed by atoms with Gasteiger partial charge in [-0.15, -0.1) is 0 Å². The molecule has 5 heteroatoms. The third-order valence-electron chi connectivity index (χ3n) is 4.41. The third-order valence-corrected chi connectivity index (χ3v) is 4.41. The van der Waals surface area contributed by atoms with E-state index in [0.29, 0.717) is 18.0 Å². The molecule has 132 valence electrons. The van der Waals surface area contributed by atoms with E-state index in [2.05, 4.69) is 23.5 Å². The van der Waals surface area contributed by atoms with Gasteiger partial charge in [0.25, 0.3) is 0 Å². The number of nitrogens with zero attached hydrogens (tertiary/aromatic N) is 1. The molecule has 0 spiro atoms. The number of benzene rings is 2. The van der Waals surface area contributed by atoms with Crippen LogP contribution in [0.25, 0.3) is 11.3 Å². The summed E-state index contributed by atoms with van der Waals surface area (Å²) in [5.41, 5.74) is 3.81. The zero-order chi connectivity index (χ0) is 17.9. The van der Waals surface area contributed by atoms with E-state index in [-0.39, 0.29) is 18.4 Å². The molecule has 5 nitrogen and oxygen atoms in total. The number of fused-ring (bicyclic) bond motifs is 1. The van der Waals surface area contributed by atoms with E-state index in [4.69, 9.17) is 9.26 Å². The van der Waals surface area contributed by atoms with Crippen LogP contribution in [0.1, 0.15) is 23.7 Å². The summed E-state index contributed by atoms with van der Waals surface area (Å²) < 4.78 is 11.1. The molecule has 1 atom stereocenters. The molecule has 3 aromatic rings. The van der Waals surface area contributed by atoms with Crippen molar-refractivity contribution in [1.29, 1.82) is 0 Å². The zero-order valence-electron chi connectivity index (χ0n) is 14.6. The molecule has 1 aliphatic heterocycles. The van der Waals surface area contributed by atoms with E-state index in [1.54, 1.807) is 0 Å². The van der Waals surface area contributed by atoms with Crippen molar-refractivity contribution in [3.05, 3.63) is 71.4 Å². The lowest BCUT2D eigenvalue weighted by Crippen LogP contribution is -2.24. The fraction of sp³-hybridized carbons (Fsp3) is 0.238. The monoisotopic (exact) mass is 348 g/mol. The molecular formula is C21H20N2O3. The lowest BCUT2D eigenvalue weighted by atomic mass is 10.1. The van der Waals surface area contributed by atoms with E-state index in [0.717, 1.165) is 23.3 Å². The Balaban J connectivity index is 1.39. The van der Waals surface area contributed by atoms with Gasteiger partial charge in [-0.1, -0.05) is 35.5 Å². The average Bonchev–Trinajstić information content (AvgIpc) is 3.25. The SMILES string of the molecule is CC1Cc2cc(-c3cc(CC(=O)NCc4ccccc4)no3)ccc2O1. The number of carbonyl (C=O) groups excluding carboxylic acids is 1. The lowest BCUT2D eigenvalue weighted by Gasteiger charge is -2.03. The molecule has 1 aliphatic rings. The van der Waals surface area contributed by atoms with E-state index >= 15 is 0 Å². The largest absolute Gasteiger partial charge is 0.490 e. The Morgan fingerprint density at radius 2 is 2.04 bits per heavy atom. The van der Waals surface area contributed by atoms with Crippen molar-refractivity contribution in [2.24, 2.45) is 0 Å². The molecule has 4 rings (SSSR count). The second-order valence-corrected chi connectivity index (χ2v) is 6.58. The predicted octanol–water partition coefficient (Wildman–Crippen LogP) is 3.52. The van der Waals surface area contributed by atoms with Crippen LogP contribution in [0.5, 0.6) is 5.75 Å². The van der Waals surface area contributed by atoms with Crippen LogP contribution < -0.4 is 10.1 Å². The van der Waals surface area contributed by atoms with Gasteiger partial charge in [-0.2, -0.15) is 0 Å². The van der Waals surface area contributed by atoms with Crippen LogP contribution in [0.2, 0.25) is 0 Å². The van der Waals surface area contributed by atoms with Gasteiger partial charge < -0.3 is 14.6 Å². The van der Waals surface area contributed by atoms with Gasteiger partial charge >= 0.3 is 0 Å². The highest BCUT2D eigenvalue weighted by atomic mass is 16.5. The first kappa shape index (κ1) is 16.4. The van der Waals surface area contributed by atoms with E-state index < -0.39 is 0 Å². The summed E-state index contributed by atoms with van der Waals surface area (Å²) in [6, 6.07) is 17.6. The summed E-state index contributed by atoms with van der Waals surface area (Å²) in [6.07, 6.45) is 1.30. The van der Waals surface area contributed by atoms with Crippen molar-refractivity contribution in [3.63, 3.8) is 0 Å². The Morgan fingerprint density at radius 1 is 1.19 bits per heavy atom. The number of rotatable bonds is 5. The Bertz CT molecular complexity index is 918. The summed E-state index contributed by atoms with van der Waals surface area (Å²) in [5.74, 6) is 1.52. The molecular weight excluding hydrogens is 328 g/mol. The quantitative estimate of drug-likeness (QED) is 0.766. The minimum Gasteiger partial charge on any atom is -0.490 e. The summed E-state index contributed by atoms with van der Waals surface area (Å²) in [5, 5.41) is 6.93. The zero-order valence-corrected chi connectivity index (χ0v) is 14.6. The summed E-state index contributed by atoms with van der Waals surface area (Å²) in [4.78, 5) is 12.1. The molecule has 1 unspecified atom stereocenters. The minimum absolute atomic E-state index is 0.0788. The molecule has 1 N–H and O–H groups in total. The molecule has 2 aromatic carbocycles. The van der Waals surface area contributed by atoms with Crippen molar-refractivity contribution in [2.45, 2.75) is 32.4 Å². The van der Waals surface area contributed by atoms with Gasteiger partial charge in [0.2, 0.25) is 5.91 Å². The van der Waals surface area contributed by atoms with Crippen molar-refractivity contribution >= 4 is 5.91 Å². The van der Waals surface area contributed by atoms with Crippen LogP contribution in [-0.2, 0) is 24.2 Å². The number of amides is 1. The second-order valence-electron chi connectivity index (χ2n) is 6.58. The lowest BCUT2D eigenvalue weighted by molar-refractivity contribution is -0.120. The smallest absolute Gasteiger partial charge is 0.226 e. The standard InChI is InChI=1S/C21H20N2O3/c1-14-9-17-10-16(7-8-19(17)25-14)20-11-18(23-26-20)12-21(24)22-13-15-5-3-2-4-6-15/h2-8,10-11,14H,9,12-13H2,1H3,(H,22,24). The highest BCUT2D eigenvalue weighted by Gasteiger charge is 2.20.